The Morgan fingerprint density at radius 3 is 2.85 bits per heavy atom. The lowest BCUT2D eigenvalue weighted by atomic mass is 10.2. The number of hydrogen-bond acceptors (Lipinski definition) is 1. The van der Waals surface area contributed by atoms with E-state index in [1.807, 2.05) is 14.1 Å². The van der Waals surface area contributed by atoms with Crippen LogP contribution in [0.4, 0.5) is 5.69 Å². The van der Waals surface area contributed by atoms with Gasteiger partial charge in [0.2, 0.25) is 0 Å². The molecule has 1 heterocycles. The highest BCUT2D eigenvalue weighted by Crippen LogP contribution is 2.28. The second-order valence-electron chi connectivity index (χ2n) is 3.07. The highest BCUT2D eigenvalue weighted by Gasteiger charge is 2.03. The van der Waals surface area contributed by atoms with Gasteiger partial charge in [-0.25, -0.2) is 0 Å². The average Bonchev–Trinajstić information content (AvgIpc) is 2.48. The van der Waals surface area contributed by atoms with Gasteiger partial charge in [0.25, 0.3) is 0 Å². The molecule has 1 aromatic carbocycles. The number of anilines is 1. The lowest BCUT2D eigenvalue weighted by molar-refractivity contribution is 0.969. The SMILES string of the molecule is CNc1cc(Br)c2ccn(C)c2c1. The Kier molecular flexibility index (Phi) is 2.04. The minimum absolute atomic E-state index is 1.13. The van der Waals surface area contributed by atoms with Gasteiger partial charge in [-0.2, -0.15) is 0 Å². The van der Waals surface area contributed by atoms with Crippen LogP contribution in [-0.4, -0.2) is 11.6 Å². The first-order chi connectivity index (χ1) is 6.22. The molecule has 1 N–H and O–H groups in total. The van der Waals surface area contributed by atoms with E-state index in [9.17, 15) is 0 Å². The summed E-state index contributed by atoms with van der Waals surface area (Å²) in [7, 11) is 3.98. The predicted molar refractivity (Wildman–Crippen MR) is 60.2 cm³/mol. The first-order valence-electron chi connectivity index (χ1n) is 4.14. The van der Waals surface area contributed by atoms with Crippen LogP contribution in [0.15, 0.2) is 28.9 Å². The molecule has 2 aromatic rings. The molecule has 3 heteroatoms. The van der Waals surface area contributed by atoms with E-state index in [1.54, 1.807) is 0 Å². The van der Waals surface area contributed by atoms with E-state index in [1.165, 1.54) is 10.9 Å². The topological polar surface area (TPSA) is 17.0 Å². The van der Waals surface area contributed by atoms with Gasteiger partial charge in [-0.15, -0.1) is 0 Å². The molecule has 0 amide bonds. The van der Waals surface area contributed by atoms with Crippen molar-refractivity contribution >= 4 is 32.5 Å². The minimum Gasteiger partial charge on any atom is -0.388 e. The molecule has 0 spiro atoms. The summed E-state index contributed by atoms with van der Waals surface area (Å²) < 4.78 is 3.25. The number of rotatable bonds is 1. The number of nitrogens with one attached hydrogen (secondary N) is 1. The van der Waals surface area contributed by atoms with Crippen molar-refractivity contribution in [3.8, 4) is 0 Å². The fourth-order valence-electron chi connectivity index (χ4n) is 1.47. The highest BCUT2D eigenvalue weighted by molar-refractivity contribution is 9.10. The van der Waals surface area contributed by atoms with Gasteiger partial charge in [0.1, 0.15) is 0 Å². The van der Waals surface area contributed by atoms with E-state index in [2.05, 4.69) is 50.2 Å². The molecule has 0 aliphatic carbocycles. The first kappa shape index (κ1) is 8.63. The molecule has 0 atom stereocenters. The van der Waals surface area contributed by atoms with Crippen LogP contribution in [0.25, 0.3) is 10.9 Å². The summed E-state index contributed by atoms with van der Waals surface area (Å²) in [5.74, 6) is 0. The van der Waals surface area contributed by atoms with Crippen LogP contribution in [-0.2, 0) is 7.05 Å². The molecular weight excluding hydrogens is 228 g/mol. The van der Waals surface area contributed by atoms with Crippen LogP contribution in [0.1, 0.15) is 0 Å². The Bertz CT molecular complexity index is 445. The van der Waals surface area contributed by atoms with Crippen LogP contribution in [0.5, 0.6) is 0 Å². The summed E-state index contributed by atoms with van der Waals surface area (Å²) in [6.07, 6.45) is 2.06. The zero-order valence-corrected chi connectivity index (χ0v) is 9.22. The van der Waals surface area contributed by atoms with Gasteiger partial charge in [-0.3, -0.25) is 0 Å². The van der Waals surface area contributed by atoms with Crippen molar-refractivity contribution in [1.29, 1.82) is 0 Å². The van der Waals surface area contributed by atoms with Gasteiger partial charge in [-0.1, -0.05) is 15.9 Å². The number of fused-ring (bicyclic) bond motifs is 1. The van der Waals surface area contributed by atoms with E-state index >= 15 is 0 Å². The zero-order valence-electron chi connectivity index (χ0n) is 7.63. The molecule has 0 saturated heterocycles. The lowest BCUT2D eigenvalue weighted by Gasteiger charge is -2.03. The molecule has 2 rings (SSSR count). The van der Waals surface area contributed by atoms with E-state index in [0.29, 0.717) is 0 Å². The number of hydrogen-bond donors (Lipinski definition) is 1. The number of nitrogens with zero attached hydrogens (tertiary/aromatic N) is 1. The second-order valence-corrected chi connectivity index (χ2v) is 3.92. The molecule has 0 saturated carbocycles. The third-order valence-corrected chi connectivity index (χ3v) is 2.90. The first-order valence-corrected chi connectivity index (χ1v) is 4.94. The third-order valence-electron chi connectivity index (χ3n) is 2.24. The number of aryl methyl sites for hydroxylation is 1. The van der Waals surface area contributed by atoms with Crippen molar-refractivity contribution in [1.82, 2.24) is 4.57 Å². The molecule has 13 heavy (non-hydrogen) atoms. The fraction of sp³-hybridized carbons (Fsp3) is 0.200. The molecule has 0 aliphatic rings. The summed E-state index contributed by atoms with van der Waals surface area (Å²) in [6, 6.07) is 6.33. The van der Waals surface area contributed by atoms with Crippen molar-refractivity contribution < 1.29 is 0 Å². The van der Waals surface area contributed by atoms with Crippen molar-refractivity contribution in [3.63, 3.8) is 0 Å². The lowest BCUT2D eigenvalue weighted by Crippen LogP contribution is -1.90. The molecular formula is C10H11BrN2. The van der Waals surface area contributed by atoms with Crippen molar-refractivity contribution in [3.05, 3.63) is 28.9 Å². The molecule has 0 radical (unpaired) electrons. The largest absolute Gasteiger partial charge is 0.388 e. The molecule has 2 nitrogen and oxygen atoms in total. The molecule has 68 valence electrons. The van der Waals surface area contributed by atoms with E-state index in [4.69, 9.17) is 0 Å². The number of aromatic nitrogens is 1. The predicted octanol–water partition coefficient (Wildman–Crippen LogP) is 2.98. The van der Waals surface area contributed by atoms with Crippen LogP contribution >= 0.6 is 15.9 Å². The maximum atomic E-state index is 3.55. The highest BCUT2D eigenvalue weighted by atomic mass is 79.9. The van der Waals surface area contributed by atoms with Gasteiger partial charge in [0.15, 0.2) is 0 Å². The van der Waals surface area contributed by atoms with E-state index in [0.717, 1.165) is 10.2 Å². The summed E-state index contributed by atoms with van der Waals surface area (Å²) >= 11 is 3.55. The van der Waals surface area contributed by atoms with Crippen molar-refractivity contribution in [2.45, 2.75) is 0 Å². The Morgan fingerprint density at radius 2 is 2.15 bits per heavy atom. The maximum Gasteiger partial charge on any atom is 0.0509 e. The van der Waals surface area contributed by atoms with Crippen LogP contribution < -0.4 is 5.32 Å². The molecule has 0 fully saturated rings. The summed E-state index contributed by atoms with van der Waals surface area (Å²) in [5.41, 5.74) is 2.36. The second kappa shape index (κ2) is 3.07. The van der Waals surface area contributed by atoms with Gasteiger partial charge < -0.3 is 9.88 Å². The monoisotopic (exact) mass is 238 g/mol. The smallest absolute Gasteiger partial charge is 0.0509 e. The zero-order chi connectivity index (χ0) is 9.42. The van der Waals surface area contributed by atoms with E-state index < -0.39 is 0 Å². The summed E-state index contributed by atoms with van der Waals surface area (Å²) in [5, 5.41) is 4.38. The van der Waals surface area contributed by atoms with Gasteiger partial charge >= 0.3 is 0 Å². The standard InChI is InChI=1S/C10H11BrN2/c1-12-7-5-9(11)8-3-4-13(2)10(8)6-7/h3-6,12H,1-2H3. The summed E-state index contributed by atoms with van der Waals surface area (Å²) in [4.78, 5) is 0. The van der Waals surface area contributed by atoms with Gasteiger partial charge in [0.05, 0.1) is 5.52 Å². The van der Waals surface area contributed by atoms with Crippen molar-refractivity contribution in [2.75, 3.05) is 12.4 Å². The third kappa shape index (κ3) is 1.33. The van der Waals surface area contributed by atoms with Crippen LogP contribution in [0, 0.1) is 0 Å². The molecule has 0 bridgehead atoms. The van der Waals surface area contributed by atoms with Gasteiger partial charge in [-0.05, 0) is 18.2 Å². The maximum absolute atomic E-state index is 3.55. The number of halogens is 1. The average molecular weight is 239 g/mol. The molecule has 0 aliphatic heterocycles. The normalized spacial score (nSPS) is 10.7. The minimum atomic E-state index is 1.13. The van der Waals surface area contributed by atoms with Crippen molar-refractivity contribution in [2.24, 2.45) is 7.05 Å². The molecule has 1 aromatic heterocycles. The van der Waals surface area contributed by atoms with Crippen LogP contribution in [0.3, 0.4) is 0 Å². The Labute approximate surface area is 85.7 Å². The fourth-order valence-corrected chi connectivity index (χ4v) is 2.05. The van der Waals surface area contributed by atoms with Gasteiger partial charge in [0, 0.05) is 35.8 Å². The molecule has 0 unspecified atom stereocenters. The Morgan fingerprint density at radius 1 is 1.38 bits per heavy atom. The number of benzene rings is 1. The Hall–Kier alpha value is -0.960. The van der Waals surface area contributed by atoms with E-state index in [-0.39, 0.29) is 0 Å². The van der Waals surface area contributed by atoms with Crippen LogP contribution in [0.2, 0.25) is 0 Å². The quantitative estimate of drug-likeness (QED) is 0.809. The Balaban J connectivity index is 2.80. The summed E-state index contributed by atoms with van der Waals surface area (Å²) in [6.45, 7) is 0.